The van der Waals surface area contributed by atoms with Crippen molar-refractivity contribution in [1.29, 1.82) is 0 Å². The van der Waals surface area contributed by atoms with E-state index in [4.69, 9.17) is 0 Å². The molecule has 0 aromatic heterocycles. The van der Waals surface area contributed by atoms with Crippen LogP contribution in [0.5, 0.6) is 0 Å². The molecule has 1 aliphatic carbocycles. The summed E-state index contributed by atoms with van der Waals surface area (Å²) < 4.78 is 1.13. The Morgan fingerprint density at radius 2 is 1.52 bits per heavy atom. The van der Waals surface area contributed by atoms with Crippen LogP contribution < -0.4 is 0 Å². The molecule has 3 aromatic rings. The summed E-state index contributed by atoms with van der Waals surface area (Å²) in [5.74, 6) is 0. The van der Waals surface area contributed by atoms with Crippen molar-refractivity contribution in [3.05, 3.63) is 101 Å². The number of hydrogen-bond donors (Lipinski definition) is 0. The minimum atomic E-state index is 1.13. The SMILES string of the molecule is Brc1cccc2cccc(-c3ccc(C4=CC=[C+]C=C4)cc3)c12. The zero-order chi connectivity index (χ0) is 15.6. The minimum absolute atomic E-state index is 1.13. The maximum atomic E-state index is 3.69. The molecule has 0 spiro atoms. The van der Waals surface area contributed by atoms with E-state index in [1.165, 1.54) is 33.0 Å². The third kappa shape index (κ3) is 2.66. The summed E-state index contributed by atoms with van der Waals surface area (Å²) in [6, 6.07) is 21.5. The first-order chi connectivity index (χ1) is 11.3. The smallest absolute Gasteiger partial charge is 0.0610 e. The second-order valence-corrected chi connectivity index (χ2v) is 6.36. The van der Waals surface area contributed by atoms with Gasteiger partial charge in [-0.05, 0) is 22.6 Å². The highest BCUT2D eigenvalue weighted by atomic mass is 79.9. The summed E-state index contributed by atoms with van der Waals surface area (Å²) in [7, 11) is 0. The highest BCUT2D eigenvalue weighted by Crippen LogP contribution is 2.34. The molecule has 0 heterocycles. The fraction of sp³-hybridized carbons (Fsp3) is 0. The molecule has 23 heavy (non-hydrogen) atoms. The lowest BCUT2D eigenvalue weighted by atomic mass is 9.95. The van der Waals surface area contributed by atoms with Crippen molar-refractivity contribution < 1.29 is 0 Å². The van der Waals surface area contributed by atoms with Gasteiger partial charge in [0.15, 0.2) is 0 Å². The standard InChI is InChI=1S/C22H14Br/c23-21-11-5-9-19-8-4-10-20(22(19)21)18-14-12-17(13-15-18)16-6-2-1-3-7-16/h2-15H/q+1. The minimum Gasteiger partial charge on any atom is -0.0610 e. The summed E-state index contributed by atoms with van der Waals surface area (Å²) in [5.41, 5.74) is 4.92. The van der Waals surface area contributed by atoms with Crippen molar-refractivity contribution >= 4 is 32.3 Å². The maximum Gasteiger partial charge on any atom is 0.103 e. The molecule has 0 saturated carbocycles. The van der Waals surface area contributed by atoms with E-state index in [1.54, 1.807) is 0 Å². The Hall–Kier alpha value is -2.47. The van der Waals surface area contributed by atoms with Gasteiger partial charge in [0, 0.05) is 21.5 Å². The largest absolute Gasteiger partial charge is 0.103 e. The molecule has 1 heteroatoms. The van der Waals surface area contributed by atoms with Gasteiger partial charge in [0.25, 0.3) is 0 Å². The van der Waals surface area contributed by atoms with Gasteiger partial charge in [-0.1, -0.05) is 70.5 Å². The third-order valence-corrected chi connectivity index (χ3v) is 4.76. The first-order valence-electron chi connectivity index (χ1n) is 7.57. The van der Waals surface area contributed by atoms with Crippen LogP contribution in [-0.4, -0.2) is 0 Å². The fourth-order valence-electron chi connectivity index (χ4n) is 2.96. The second kappa shape index (κ2) is 5.96. The van der Waals surface area contributed by atoms with Crippen molar-refractivity contribution in [2.45, 2.75) is 0 Å². The highest BCUT2D eigenvalue weighted by Gasteiger charge is 2.09. The molecule has 0 bridgehead atoms. The molecule has 1 aliphatic rings. The molecule has 0 nitrogen and oxygen atoms in total. The Labute approximate surface area is 144 Å². The highest BCUT2D eigenvalue weighted by molar-refractivity contribution is 9.10. The van der Waals surface area contributed by atoms with E-state index in [1.807, 2.05) is 12.2 Å². The molecule has 0 amide bonds. The number of benzene rings is 3. The lowest BCUT2D eigenvalue weighted by molar-refractivity contribution is 1.58. The molecule has 0 unspecified atom stereocenters. The first kappa shape index (κ1) is 14.1. The van der Waals surface area contributed by atoms with E-state index >= 15 is 0 Å². The van der Waals surface area contributed by atoms with Gasteiger partial charge >= 0.3 is 0 Å². The molecule has 0 aliphatic heterocycles. The van der Waals surface area contributed by atoms with E-state index in [0.29, 0.717) is 0 Å². The van der Waals surface area contributed by atoms with Crippen molar-refractivity contribution in [3.8, 4) is 11.1 Å². The first-order valence-corrected chi connectivity index (χ1v) is 8.36. The number of rotatable bonds is 2. The van der Waals surface area contributed by atoms with Gasteiger partial charge in [0.2, 0.25) is 0 Å². The van der Waals surface area contributed by atoms with E-state index in [0.717, 1.165) is 4.47 Å². The molecular weight excluding hydrogens is 344 g/mol. The van der Waals surface area contributed by atoms with Crippen LogP contribution >= 0.6 is 15.9 Å². The number of allylic oxidation sites excluding steroid dienone is 6. The zero-order valence-electron chi connectivity index (χ0n) is 12.5. The molecule has 4 rings (SSSR count). The monoisotopic (exact) mass is 357 g/mol. The van der Waals surface area contributed by atoms with Gasteiger partial charge < -0.3 is 0 Å². The van der Waals surface area contributed by atoms with Crippen LogP contribution in [0, 0.1) is 6.08 Å². The second-order valence-electron chi connectivity index (χ2n) is 5.51. The van der Waals surface area contributed by atoms with Gasteiger partial charge in [-0.2, -0.15) is 0 Å². The van der Waals surface area contributed by atoms with Crippen LogP contribution in [0.3, 0.4) is 0 Å². The van der Waals surface area contributed by atoms with Crippen molar-refractivity contribution in [2.24, 2.45) is 0 Å². The van der Waals surface area contributed by atoms with E-state index in [2.05, 4.69) is 94.8 Å². The van der Waals surface area contributed by atoms with E-state index < -0.39 is 0 Å². The fourth-order valence-corrected chi connectivity index (χ4v) is 3.55. The Kier molecular flexibility index (Phi) is 3.67. The summed E-state index contributed by atoms with van der Waals surface area (Å²) in [6.07, 6.45) is 11.1. The topological polar surface area (TPSA) is 0 Å². The molecule has 108 valence electrons. The van der Waals surface area contributed by atoms with Crippen molar-refractivity contribution in [3.63, 3.8) is 0 Å². The van der Waals surface area contributed by atoms with Gasteiger partial charge in [0.05, 0.1) is 17.7 Å². The summed E-state index contributed by atoms with van der Waals surface area (Å²) in [4.78, 5) is 0. The van der Waals surface area contributed by atoms with Gasteiger partial charge in [-0.3, -0.25) is 0 Å². The Morgan fingerprint density at radius 1 is 0.783 bits per heavy atom. The van der Waals surface area contributed by atoms with Crippen LogP contribution in [-0.2, 0) is 0 Å². The predicted octanol–water partition coefficient (Wildman–Crippen LogP) is 6.58. The predicted molar refractivity (Wildman–Crippen MR) is 102 cm³/mol. The van der Waals surface area contributed by atoms with Crippen LogP contribution in [0.4, 0.5) is 0 Å². The zero-order valence-corrected chi connectivity index (χ0v) is 14.0. The average molecular weight is 358 g/mol. The number of hydrogen-bond acceptors (Lipinski definition) is 0. The van der Waals surface area contributed by atoms with Gasteiger partial charge in [0.1, 0.15) is 12.2 Å². The van der Waals surface area contributed by atoms with Gasteiger partial charge in [-0.25, -0.2) is 0 Å². The van der Waals surface area contributed by atoms with Gasteiger partial charge in [-0.15, -0.1) is 0 Å². The Bertz CT molecular complexity index is 952. The molecular formula is C22H14Br+. The summed E-state index contributed by atoms with van der Waals surface area (Å²) in [5, 5.41) is 2.51. The molecule has 0 N–H and O–H groups in total. The number of fused-ring (bicyclic) bond motifs is 1. The molecule has 0 fully saturated rings. The third-order valence-electron chi connectivity index (χ3n) is 4.10. The molecule has 0 radical (unpaired) electrons. The summed E-state index contributed by atoms with van der Waals surface area (Å²) in [6.45, 7) is 0. The van der Waals surface area contributed by atoms with Crippen LogP contribution in [0.1, 0.15) is 5.56 Å². The molecule has 3 aromatic carbocycles. The lowest BCUT2D eigenvalue weighted by Gasteiger charge is -2.09. The molecule has 0 saturated heterocycles. The van der Waals surface area contributed by atoms with E-state index in [-0.39, 0.29) is 0 Å². The van der Waals surface area contributed by atoms with E-state index in [9.17, 15) is 0 Å². The molecule has 0 atom stereocenters. The van der Waals surface area contributed by atoms with Crippen molar-refractivity contribution in [1.82, 2.24) is 0 Å². The van der Waals surface area contributed by atoms with Crippen LogP contribution in [0.2, 0.25) is 0 Å². The lowest BCUT2D eigenvalue weighted by Crippen LogP contribution is -1.86. The number of halogens is 1. The Balaban J connectivity index is 1.82. The quantitative estimate of drug-likeness (QED) is 0.454. The Morgan fingerprint density at radius 3 is 2.26 bits per heavy atom. The van der Waals surface area contributed by atoms with Crippen LogP contribution in [0.25, 0.3) is 27.5 Å². The average Bonchev–Trinajstić information content (AvgIpc) is 2.62. The van der Waals surface area contributed by atoms with Crippen molar-refractivity contribution in [2.75, 3.05) is 0 Å². The summed E-state index contributed by atoms with van der Waals surface area (Å²) >= 11 is 3.69. The maximum absolute atomic E-state index is 3.69. The normalized spacial score (nSPS) is 13.0. The van der Waals surface area contributed by atoms with Crippen LogP contribution in [0.15, 0.2) is 89.4 Å².